The lowest BCUT2D eigenvalue weighted by Crippen LogP contribution is -2.25. The molecule has 240 valence electrons. The first-order valence-corrected chi connectivity index (χ1v) is 17.5. The molecule has 0 atom stereocenters. The first kappa shape index (κ1) is 29.5. The van der Waals surface area contributed by atoms with Gasteiger partial charge in [0.25, 0.3) is 0 Å². The number of hydrogen-bond acceptors (Lipinski definition) is 3. The molecule has 2 heterocycles. The highest BCUT2D eigenvalue weighted by atomic mass is 14.9. The summed E-state index contributed by atoms with van der Waals surface area (Å²) in [6, 6.07) is 59.1. The number of nitrogens with zero attached hydrogens (tertiary/aromatic N) is 3. The summed E-state index contributed by atoms with van der Waals surface area (Å²) >= 11 is 0. The van der Waals surface area contributed by atoms with Crippen LogP contribution in [0.3, 0.4) is 0 Å². The Morgan fingerprint density at radius 1 is 0.353 bits per heavy atom. The molecule has 2 aromatic heterocycles. The van der Waals surface area contributed by atoms with Gasteiger partial charge in [-0.05, 0) is 82.1 Å². The van der Waals surface area contributed by atoms with Gasteiger partial charge in [0.05, 0.1) is 16.8 Å². The van der Waals surface area contributed by atoms with E-state index >= 15 is 0 Å². The number of aromatic nitrogens is 3. The van der Waals surface area contributed by atoms with E-state index in [1.165, 1.54) is 44.5 Å². The maximum Gasteiger partial charge on any atom is 0.160 e. The molecule has 2 aliphatic carbocycles. The van der Waals surface area contributed by atoms with E-state index in [1.807, 2.05) is 25.1 Å². The second kappa shape index (κ2) is 11.3. The summed E-state index contributed by atoms with van der Waals surface area (Å²) < 4.78 is 0. The molecular formula is C48H33N3. The maximum absolute atomic E-state index is 5.21. The Labute approximate surface area is 298 Å². The summed E-state index contributed by atoms with van der Waals surface area (Å²) in [4.78, 5) is 15.0. The molecule has 3 heteroatoms. The van der Waals surface area contributed by atoms with E-state index in [4.69, 9.17) is 9.97 Å². The number of fused-ring (bicyclic) bond motifs is 10. The van der Waals surface area contributed by atoms with Crippen molar-refractivity contribution in [1.29, 1.82) is 0 Å². The van der Waals surface area contributed by atoms with Gasteiger partial charge in [-0.15, -0.1) is 0 Å². The molecule has 10 rings (SSSR count). The predicted octanol–water partition coefficient (Wildman–Crippen LogP) is 11.5. The summed E-state index contributed by atoms with van der Waals surface area (Å²) in [7, 11) is 0. The molecule has 51 heavy (non-hydrogen) atoms. The number of pyridine rings is 1. The Morgan fingerprint density at radius 2 is 0.863 bits per heavy atom. The monoisotopic (exact) mass is 651 g/mol. The Bertz CT molecular complexity index is 2610. The Kier molecular flexibility index (Phi) is 6.53. The normalized spacial score (nSPS) is 13.1. The van der Waals surface area contributed by atoms with Gasteiger partial charge >= 0.3 is 0 Å². The third-order valence-corrected chi connectivity index (χ3v) is 10.8. The molecule has 0 bridgehead atoms. The number of aryl methyl sites for hydroxylation is 2. The third-order valence-electron chi connectivity index (χ3n) is 10.8. The van der Waals surface area contributed by atoms with E-state index in [0.29, 0.717) is 5.82 Å². The van der Waals surface area contributed by atoms with Crippen LogP contribution in [0.1, 0.15) is 33.6 Å². The van der Waals surface area contributed by atoms with Crippen molar-refractivity contribution in [3.8, 4) is 67.3 Å². The molecule has 0 fully saturated rings. The molecule has 0 aliphatic heterocycles. The zero-order chi connectivity index (χ0) is 34.1. The van der Waals surface area contributed by atoms with Crippen molar-refractivity contribution in [3.05, 3.63) is 197 Å². The van der Waals surface area contributed by atoms with Gasteiger partial charge in [0, 0.05) is 33.6 Å². The van der Waals surface area contributed by atoms with Crippen LogP contribution in [-0.4, -0.2) is 15.0 Å². The summed E-state index contributed by atoms with van der Waals surface area (Å²) in [5, 5.41) is 0. The molecule has 3 nitrogen and oxygen atoms in total. The topological polar surface area (TPSA) is 38.7 Å². The van der Waals surface area contributed by atoms with Crippen LogP contribution in [0.5, 0.6) is 0 Å². The molecule has 0 saturated carbocycles. The van der Waals surface area contributed by atoms with Gasteiger partial charge in [-0.2, -0.15) is 0 Å². The van der Waals surface area contributed by atoms with Crippen molar-refractivity contribution in [3.63, 3.8) is 0 Å². The van der Waals surface area contributed by atoms with Crippen LogP contribution in [0, 0.1) is 13.8 Å². The van der Waals surface area contributed by atoms with Crippen molar-refractivity contribution >= 4 is 0 Å². The quantitative estimate of drug-likeness (QED) is 0.190. The third kappa shape index (κ3) is 4.41. The Hall–Kier alpha value is -6.45. The number of benzene rings is 6. The van der Waals surface area contributed by atoms with Crippen molar-refractivity contribution in [2.45, 2.75) is 19.3 Å². The minimum absolute atomic E-state index is 0.364. The first-order valence-electron chi connectivity index (χ1n) is 17.5. The molecule has 0 saturated heterocycles. The average molecular weight is 652 g/mol. The summed E-state index contributed by atoms with van der Waals surface area (Å²) in [5.74, 6) is 0.710. The Morgan fingerprint density at radius 3 is 1.49 bits per heavy atom. The highest BCUT2D eigenvalue weighted by Gasteiger charge is 2.51. The van der Waals surface area contributed by atoms with Crippen LogP contribution >= 0.6 is 0 Å². The molecular weight excluding hydrogens is 619 g/mol. The lowest BCUT2D eigenvalue weighted by Gasteiger charge is -2.30. The minimum atomic E-state index is -0.364. The standard InChI is InChI=1S/C48H33N3/c1-30-20-26-36(31(2)49-30)32-21-23-33(24-22-32)45-29-46(51-47(50-45)34-12-4-3-5-13-34)35-25-27-44-40(28-35)39-16-8-11-19-43(39)48(44)41-17-9-6-14-37(41)38-15-7-10-18-42(38)48/h3-29H,1-2H3. The molecule has 0 amide bonds. The first-order chi connectivity index (χ1) is 25.1. The van der Waals surface area contributed by atoms with E-state index in [1.54, 1.807) is 0 Å². The van der Waals surface area contributed by atoms with Gasteiger partial charge in [-0.3, -0.25) is 4.98 Å². The lowest BCUT2D eigenvalue weighted by atomic mass is 9.70. The van der Waals surface area contributed by atoms with Crippen LogP contribution in [-0.2, 0) is 5.41 Å². The van der Waals surface area contributed by atoms with Crippen LogP contribution in [0.15, 0.2) is 164 Å². The lowest BCUT2D eigenvalue weighted by molar-refractivity contribution is 0.794. The summed E-state index contributed by atoms with van der Waals surface area (Å²) in [6.45, 7) is 4.10. The minimum Gasteiger partial charge on any atom is -0.258 e. The smallest absolute Gasteiger partial charge is 0.160 e. The van der Waals surface area contributed by atoms with Crippen LogP contribution in [0.2, 0.25) is 0 Å². The van der Waals surface area contributed by atoms with Gasteiger partial charge in [0.2, 0.25) is 0 Å². The molecule has 0 unspecified atom stereocenters. The van der Waals surface area contributed by atoms with Gasteiger partial charge in [-0.25, -0.2) is 9.97 Å². The van der Waals surface area contributed by atoms with E-state index in [2.05, 4.69) is 158 Å². The summed E-state index contributed by atoms with van der Waals surface area (Å²) in [6.07, 6.45) is 0. The van der Waals surface area contributed by atoms with Gasteiger partial charge in [-0.1, -0.05) is 146 Å². The van der Waals surface area contributed by atoms with Gasteiger partial charge in [0.1, 0.15) is 0 Å². The van der Waals surface area contributed by atoms with E-state index in [0.717, 1.165) is 50.6 Å². The summed E-state index contributed by atoms with van der Waals surface area (Å²) in [5.41, 5.74) is 19.4. The fourth-order valence-electron chi connectivity index (χ4n) is 8.53. The average Bonchev–Trinajstić information content (AvgIpc) is 3.65. The van der Waals surface area contributed by atoms with Crippen LogP contribution in [0.25, 0.3) is 67.3 Å². The molecule has 8 aromatic rings. The van der Waals surface area contributed by atoms with Gasteiger partial charge in [0.15, 0.2) is 5.82 Å². The second-order valence-corrected chi connectivity index (χ2v) is 13.6. The van der Waals surface area contributed by atoms with Crippen molar-refractivity contribution in [2.75, 3.05) is 0 Å². The van der Waals surface area contributed by atoms with Crippen molar-refractivity contribution < 1.29 is 0 Å². The number of hydrogen-bond donors (Lipinski definition) is 0. The predicted molar refractivity (Wildman–Crippen MR) is 207 cm³/mol. The maximum atomic E-state index is 5.21. The van der Waals surface area contributed by atoms with E-state index < -0.39 is 0 Å². The zero-order valence-electron chi connectivity index (χ0n) is 28.4. The van der Waals surface area contributed by atoms with E-state index in [9.17, 15) is 0 Å². The molecule has 1 spiro atoms. The van der Waals surface area contributed by atoms with Crippen molar-refractivity contribution in [2.24, 2.45) is 0 Å². The highest BCUT2D eigenvalue weighted by molar-refractivity contribution is 5.96. The molecule has 2 aliphatic rings. The molecule has 6 aromatic carbocycles. The fourth-order valence-corrected chi connectivity index (χ4v) is 8.53. The van der Waals surface area contributed by atoms with Crippen LogP contribution < -0.4 is 0 Å². The van der Waals surface area contributed by atoms with Crippen molar-refractivity contribution in [1.82, 2.24) is 15.0 Å². The molecule has 0 N–H and O–H groups in total. The van der Waals surface area contributed by atoms with E-state index in [-0.39, 0.29) is 5.41 Å². The fraction of sp³-hybridized carbons (Fsp3) is 0.0625. The second-order valence-electron chi connectivity index (χ2n) is 13.6. The molecule has 0 radical (unpaired) electrons. The zero-order valence-corrected chi connectivity index (χ0v) is 28.4. The number of rotatable bonds is 4. The van der Waals surface area contributed by atoms with Gasteiger partial charge < -0.3 is 0 Å². The van der Waals surface area contributed by atoms with Crippen LogP contribution in [0.4, 0.5) is 0 Å². The Balaban J connectivity index is 1.14. The highest BCUT2D eigenvalue weighted by Crippen LogP contribution is 2.62. The largest absolute Gasteiger partial charge is 0.258 e. The SMILES string of the molecule is Cc1ccc(-c2ccc(-c3cc(-c4ccc5c(c4)-c4ccccc4C54c5ccccc5-c5ccccc54)nc(-c4ccccc4)n3)cc2)c(C)n1.